The summed E-state index contributed by atoms with van der Waals surface area (Å²) in [5, 5.41) is 9.39. The Bertz CT molecular complexity index is 663. The van der Waals surface area contributed by atoms with E-state index in [1.54, 1.807) is 19.3 Å². The number of hydrogen-bond donors (Lipinski definition) is 1. The van der Waals surface area contributed by atoms with Crippen LogP contribution in [0.3, 0.4) is 0 Å². The summed E-state index contributed by atoms with van der Waals surface area (Å²) in [6.45, 7) is 10.5. The highest BCUT2D eigenvalue weighted by atomic mass is 16.7. The zero-order chi connectivity index (χ0) is 22.0. The summed E-state index contributed by atoms with van der Waals surface area (Å²) in [5.74, 6) is 1.40. The first-order valence-corrected chi connectivity index (χ1v) is 10.5. The van der Waals surface area contributed by atoms with E-state index >= 15 is 0 Å². The Balaban J connectivity index is 2.26. The minimum atomic E-state index is -0.910. The Kier molecular flexibility index (Phi) is 9.37. The zero-order valence-electron chi connectivity index (χ0n) is 18.6. The molecule has 0 aliphatic carbocycles. The number of aliphatic hydroxyl groups is 1. The van der Waals surface area contributed by atoms with Crippen molar-refractivity contribution in [2.75, 3.05) is 26.9 Å². The highest BCUT2D eigenvalue weighted by Gasteiger charge is 2.39. The number of hydrogen-bond acceptors (Lipinski definition) is 6. The number of rotatable bonds is 12. The van der Waals surface area contributed by atoms with Crippen LogP contribution in [0.25, 0.3) is 0 Å². The highest BCUT2D eigenvalue weighted by Crippen LogP contribution is 2.30. The van der Waals surface area contributed by atoms with Crippen LogP contribution in [0.4, 0.5) is 0 Å². The lowest BCUT2D eigenvalue weighted by Gasteiger charge is -2.40. The summed E-state index contributed by atoms with van der Waals surface area (Å²) < 4.78 is 29.7. The van der Waals surface area contributed by atoms with Gasteiger partial charge in [-0.05, 0) is 70.4 Å². The standard InChI is InChI=1S/C24H36O6/c1-6-23(2,3)30-21(18-28-22-10-7-8-17-27-22)24(4,15-9-16-25)29-20-13-11-19(26-5)12-14-20/h6,9,11-15,21-22,25H,1,7-8,10,16-18H2,2-5H3/b15-9+/t21-,22?,24-/m0/s1. The van der Waals surface area contributed by atoms with Crippen molar-refractivity contribution in [3.63, 3.8) is 0 Å². The second-order valence-corrected chi connectivity index (χ2v) is 8.09. The second-order valence-electron chi connectivity index (χ2n) is 8.09. The van der Waals surface area contributed by atoms with Crippen molar-refractivity contribution in [1.29, 1.82) is 0 Å². The zero-order valence-corrected chi connectivity index (χ0v) is 18.6. The lowest BCUT2D eigenvalue weighted by molar-refractivity contribution is -0.206. The molecular formula is C24H36O6. The molecule has 0 radical (unpaired) electrons. The van der Waals surface area contributed by atoms with Gasteiger partial charge in [0.05, 0.1) is 25.9 Å². The molecular weight excluding hydrogens is 384 g/mol. The van der Waals surface area contributed by atoms with E-state index in [9.17, 15) is 5.11 Å². The van der Waals surface area contributed by atoms with Crippen molar-refractivity contribution in [2.45, 2.75) is 63.6 Å². The Labute approximate surface area is 180 Å². The molecule has 0 spiro atoms. The van der Waals surface area contributed by atoms with Crippen LogP contribution >= 0.6 is 0 Å². The quantitative estimate of drug-likeness (QED) is 0.509. The molecule has 1 aliphatic rings. The van der Waals surface area contributed by atoms with Gasteiger partial charge in [-0.2, -0.15) is 0 Å². The van der Waals surface area contributed by atoms with Gasteiger partial charge >= 0.3 is 0 Å². The number of methoxy groups -OCH3 is 1. The molecule has 1 aromatic carbocycles. The Morgan fingerprint density at radius 3 is 2.47 bits per heavy atom. The molecule has 3 atom stereocenters. The van der Waals surface area contributed by atoms with Crippen LogP contribution in [0.1, 0.15) is 40.0 Å². The molecule has 0 amide bonds. The van der Waals surface area contributed by atoms with Crippen molar-refractivity contribution in [3.05, 3.63) is 49.1 Å². The Morgan fingerprint density at radius 2 is 1.90 bits per heavy atom. The second kappa shape index (κ2) is 11.5. The van der Waals surface area contributed by atoms with Crippen molar-refractivity contribution in [1.82, 2.24) is 0 Å². The third kappa shape index (κ3) is 7.43. The van der Waals surface area contributed by atoms with E-state index in [0.29, 0.717) is 12.4 Å². The van der Waals surface area contributed by atoms with Gasteiger partial charge in [-0.15, -0.1) is 6.58 Å². The lowest BCUT2D eigenvalue weighted by Crippen LogP contribution is -2.51. The van der Waals surface area contributed by atoms with E-state index < -0.39 is 17.3 Å². The normalized spacial score (nSPS) is 20.5. The van der Waals surface area contributed by atoms with Gasteiger partial charge in [-0.3, -0.25) is 0 Å². The lowest BCUT2D eigenvalue weighted by atomic mass is 9.96. The van der Waals surface area contributed by atoms with Crippen molar-refractivity contribution >= 4 is 0 Å². The van der Waals surface area contributed by atoms with Gasteiger partial charge in [0.15, 0.2) is 11.9 Å². The number of aliphatic hydroxyl groups excluding tert-OH is 1. The molecule has 0 bridgehead atoms. The van der Waals surface area contributed by atoms with Crippen LogP contribution in [0, 0.1) is 0 Å². The van der Waals surface area contributed by atoms with Gasteiger partial charge in [-0.1, -0.05) is 12.2 Å². The van der Waals surface area contributed by atoms with Gasteiger partial charge in [-0.25, -0.2) is 0 Å². The maximum atomic E-state index is 9.39. The molecule has 1 unspecified atom stereocenters. The van der Waals surface area contributed by atoms with Crippen molar-refractivity contribution < 1.29 is 28.8 Å². The molecule has 1 aliphatic heterocycles. The third-order valence-corrected chi connectivity index (χ3v) is 5.10. The molecule has 168 valence electrons. The smallest absolute Gasteiger partial charge is 0.157 e. The molecule has 30 heavy (non-hydrogen) atoms. The summed E-state index contributed by atoms with van der Waals surface area (Å²) in [5.41, 5.74) is -1.51. The first-order chi connectivity index (χ1) is 14.3. The molecule has 1 heterocycles. The Hall–Kier alpha value is -1.86. The summed E-state index contributed by atoms with van der Waals surface area (Å²) in [7, 11) is 1.62. The maximum absolute atomic E-state index is 9.39. The van der Waals surface area contributed by atoms with Crippen LogP contribution < -0.4 is 9.47 Å². The van der Waals surface area contributed by atoms with E-state index in [-0.39, 0.29) is 19.5 Å². The molecule has 0 saturated carbocycles. The first kappa shape index (κ1) is 24.4. The van der Waals surface area contributed by atoms with Gasteiger partial charge < -0.3 is 28.8 Å². The van der Waals surface area contributed by atoms with Crippen LogP contribution in [-0.2, 0) is 14.2 Å². The van der Waals surface area contributed by atoms with E-state index in [1.807, 2.05) is 51.1 Å². The predicted octanol–water partition coefficient (Wildman–Crippen LogP) is 4.27. The Morgan fingerprint density at radius 1 is 1.20 bits per heavy atom. The summed E-state index contributed by atoms with van der Waals surface area (Å²) in [6, 6.07) is 7.35. The molecule has 6 nitrogen and oxygen atoms in total. The summed E-state index contributed by atoms with van der Waals surface area (Å²) >= 11 is 0. The molecule has 1 saturated heterocycles. The van der Waals surface area contributed by atoms with Gasteiger partial charge in [0, 0.05) is 6.61 Å². The maximum Gasteiger partial charge on any atom is 0.157 e. The first-order valence-electron chi connectivity index (χ1n) is 10.5. The fraction of sp³-hybridized carbons (Fsp3) is 0.583. The third-order valence-electron chi connectivity index (χ3n) is 5.10. The average Bonchev–Trinajstić information content (AvgIpc) is 2.76. The van der Waals surface area contributed by atoms with Crippen molar-refractivity contribution in [3.8, 4) is 11.5 Å². The van der Waals surface area contributed by atoms with Gasteiger partial charge in [0.1, 0.15) is 17.6 Å². The van der Waals surface area contributed by atoms with Crippen LogP contribution in [-0.4, -0.2) is 55.6 Å². The molecule has 6 heteroatoms. The SMILES string of the molecule is C=CC(C)(C)O[C@@H](COC1CCCCO1)[C@](C)(/C=C/CO)Oc1ccc(OC)cc1. The molecule has 0 aromatic heterocycles. The average molecular weight is 421 g/mol. The minimum absolute atomic E-state index is 0.105. The summed E-state index contributed by atoms with van der Waals surface area (Å²) in [4.78, 5) is 0. The van der Waals surface area contributed by atoms with Crippen molar-refractivity contribution in [2.24, 2.45) is 0 Å². The predicted molar refractivity (Wildman–Crippen MR) is 117 cm³/mol. The largest absolute Gasteiger partial charge is 0.497 e. The van der Waals surface area contributed by atoms with E-state index in [4.69, 9.17) is 23.7 Å². The minimum Gasteiger partial charge on any atom is -0.497 e. The van der Waals surface area contributed by atoms with E-state index in [1.165, 1.54) is 0 Å². The number of benzene rings is 1. The molecule has 1 aromatic rings. The topological polar surface area (TPSA) is 66.4 Å². The van der Waals surface area contributed by atoms with Crippen LogP contribution in [0.5, 0.6) is 11.5 Å². The number of ether oxygens (including phenoxy) is 5. The van der Waals surface area contributed by atoms with E-state index in [0.717, 1.165) is 25.0 Å². The van der Waals surface area contributed by atoms with Gasteiger partial charge in [0.25, 0.3) is 0 Å². The van der Waals surface area contributed by atoms with Crippen LogP contribution in [0.2, 0.25) is 0 Å². The fourth-order valence-electron chi connectivity index (χ4n) is 3.16. The molecule has 1 fully saturated rings. The molecule has 2 rings (SSSR count). The van der Waals surface area contributed by atoms with Gasteiger partial charge in [0.2, 0.25) is 0 Å². The van der Waals surface area contributed by atoms with Crippen LogP contribution in [0.15, 0.2) is 49.1 Å². The summed E-state index contributed by atoms with van der Waals surface area (Å²) in [6.07, 6.45) is 7.48. The highest BCUT2D eigenvalue weighted by molar-refractivity contribution is 5.32. The molecule has 1 N–H and O–H groups in total. The monoisotopic (exact) mass is 420 g/mol. The fourth-order valence-corrected chi connectivity index (χ4v) is 3.16. The van der Waals surface area contributed by atoms with E-state index in [2.05, 4.69) is 6.58 Å².